The van der Waals surface area contributed by atoms with E-state index in [9.17, 15) is 9.59 Å². The predicted octanol–water partition coefficient (Wildman–Crippen LogP) is 2.99. The molecule has 0 radical (unpaired) electrons. The zero-order chi connectivity index (χ0) is 14.7. The van der Waals surface area contributed by atoms with Crippen molar-refractivity contribution in [2.45, 2.75) is 6.04 Å². The highest BCUT2D eigenvalue weighted by Crippen LogP contribution is 2.27. The standard InChI is InChI=1S/C13H11Cl2NO3S/c14-9-3-1-2-8(12(9)15)4-5-11(17)16-7-20-6-10(16)13(18)19/h1-5,10H,6-7H2,(H,18,19)/b5-4+. The van der Waals surface area contributed by atoms with E-state index in [-0.39, 0.29) is 5.91 Å². The maximum absolute atomic E-state index is 12.0. The van der Waals surface area contributed by atoms with Crippen LogP contribution in [0.5, 0.6) is 0 Å². The Bertz CT molecular complexity index is 577. The van der Waals surface area contributed by atoms with Crippen LogP contribution >= 0.6 is 35.0 Å². The minimum Gasteiger partial charge on any atom is -0.480 e. The number of carboxylic acid groups (broad SMARTS) is 1. The second-order valence-corrected chi connectivity index (χ2v) is 5.92. The van der Waals surface area contributed by atoms with E-state index in [1.165, 1.54) is 22.7 Å². The highest BCUT2D eigenvalue weighted by atomic mass is 35.5. The third kappa shape index (κ3) is 3.29. The lowest BCUT2D eigenvalue weighted by molar-refractivity contribution is -0.146. The molecule has 0 bridgehead atoms. The third-order valence-corrected chi connectivity index (χ3v) is 4.68. The zero-order valence-corrected chi connectivity index (χ0v) is 12.6. The molecule has 0 saturated carbocycles. The van der Waals surface area contributed by atoms with Gasteiger partial charge in [-0.2, -0.15) is 0 Å². The Morgan fingerprint density at radius 2 is 2.15 bits per heavy atom. The van der Waals surface area contributed by atoms with Crippen molar-refractivity contribution in [3.63, 3.8) is 0 Å². The molecule has 1 N–H and O–H groups in total. The van der Waals surface area contributed by atoms with Gasteiger partial charge in [0.2, 0.25) is 5.91 Å². The molecular weight excluding hydrogens is 321 g/mol. The fourth-order valence-electron chi connectivity index (χ4n) is 1.77. The van der Waals surface area contributed by atoms with Gasteiger partial charge in [-0.3, -0.25) is 4.79 Å². The molecule has 0 spiro atoms. The predicted molar refractivity (Wildman–Crippen MR) is 81.1 cm³/mol. The molecule has 7 heteroatoms. The molecule has 1 aromatic carbocycles. The number of rotatable bonds is 3. The molecule has 4 nitrogen and oxygen atoms in total. The Morgan fingerprint density at radius 3 is 2.85 bits per heavy atom. The minimum absolute atomic E-state index is 0.349. The van der Waals surface area contributed by atoms with Gasteiger partial charge in [-0.25, -0.2) is 4.79 Å². The number of benzene rings is 1. The Labute approximate surface area is 130 Å². The molecule has 1 aliphatic rings. The highest BCUT2D eigenvalue weighted by molar-refractivity contribution is 7.99. The van der Waals surface area contributed by atoms with Crippen LogP contribution in [0.25, 0.3) is 6.08 Å². The average Bonchev–Trinajstić information content (AvgIpc) is 2.89. The molecule has 2 rings (SSSR count). The normalized spacial score (nSPS) is 18.7. The second kappa shape index (κ2) is 6.52. The van der Waals surface area contributed by atoms with Crippen molar-refractivity contribution >= 4 is 52.9 Å². The summed E-state index contributed by atoms with van der Waals surface area (Å²) in [6.45, 7) is 0. The molecule has 1 atom stereocenters. The molecule has 1 amide bonds. The molecule has 106 valence electrons. The van der Waals surface area contributed by atoms with Crippen LogP contribution in [0.2, 0.25) is 10.0 Å². The lowest BCUT2D eigenvalue weighted by atomic mass is 10.2. The van der Waals surface area contributed by atoms with Crippen LogP contribution in [0, 0.1) is 0 Å². The Kier molecular flexibility index (Phi) is 4.96. The number of thioether (sulfide) groups is 1. The summed E-state index contributed by atoms with van der Waals surface area (Å²) in [5.41, 5.74) is 0.617. The number of nitrogens with zero attached hydrogens (tertiary/aromatic N) is 1. The van der Waals surface area contributed by atoms with Crippen LogP contribution in [0.3, 0.4) is 0 Å². The van der Waals surface area contributed by atoms with E-state index in [4.69, 9.17) is 28.3 Å². The van der Waals surface area contributed by atoms with E-state index in [2.05, 4.69) is 0 Å². The number of hydrogen-bond donors (Lipinski definition) is 1. The van der Waals surface area contributed by atoms with Crippen LogP contribution < -0.4 is 0 Å². The van der Waals surface area contributed by atoms with Crippen molar-refractivity contribution in [3.8, 4) is 0 Å². The molecule has 1 aliphatic heterocycles. The van der Waals surface area contributed by atoms with Gasteiger partial charge in [0.05, 0.1) is 15.9 Å². The topological polar surface area (TPSA) is 57.6 Å². The maximum Gasteiger partial charge on any atom is 0.327 e. The fourth-order valence-corrected chi connectivity index (χ4v) is 3.30. The van der Waals surface area contributed by atoms with Gasteiger partial charge in [0.25, 0.3) is 0 Å². The molecule has 1 aromatic rings. The van der Waals surface area contributed by atoms with Gasteiger partial charge in [0.15, 0.2) is 0 Å². The number of amides is 1. The third-order valence-electron chi connectivity index (χ3n) is 2.84. The van der Waals surface area contributed by atoms with Gasteiger partial charge in [-0.05, 0) is 17.7 Å². The molecule has 20 heavy (non-hydrogen) atoms. The summed E-state index contributed by atoms with van der Waals surface area (Å²) < 4.78 is 0. The number of carboxylic acids is 1. The Hall–Kier alpha value is -1.17. The summed E-state index contributed by atoms with van der Waals surface area (Å²) in [4.78, 5) is 24.4. The van der Waals surface area contributed by atoms with Gasteiger partial charge in [-0.15, -0.1) is 11.8 Å². The van der Waals surface area contributed by atoms with E-state index in [1.807, 2.05) is 0 Å². The molecule has 1 saturated heterocycles. The summed E-state index contributed by atoms with van der Waals surface area (Å²) in [7, 11) is 0. The van der Waals surface area contributed by atoms with E-state index in [0.29, 0.717) is 27.2 Å². The van der Waals surface area contributed by atoms with E-state index < -0.39 is 12.0 Å². The van der Waals surface area contributed by atoms with Crippen LogP contribution in [0.1, 0.15) is 5.56 Å². The maximum atomic E-state index is 12.0. The van der Waals surface area contributed by atoms with E-state index in [0.717, 1.165) is 0 Å². The Morgan fingerprint density at radius 1 is 1.40 bits per heavy atom. The van der Waals surface area contributed by atoms with Crippen molar-refractivity contribution in [2.75, 3.05) is 11.6 Å². The van der Waals surface area contributed by atoms with Crippen LogP contribution in [-0.4, -0.2) is 39.6 Å². The van der Waals surface area contributed by atoms with Gasteiger partial charge in [0.1, 0.15) is 6.04 Å². The molecule has 0 aromatic heterocycles. The van der Waals surface area contributed by atoms with Crippen molar-refractivity contribution in [2.24, 2.45) is 0 Å². The summed E-state index contributed by atoms with van der Waals surface area (Å²) >= 11 is 13.3. The molecular formula is C13H11Cl2NO3S. The van der Waals surface area contributed by atoms with Gasteiger partial charge in [-0.1, -0.05) is 35.3 Å². The van der Waals surface area contributed by atoms with Crippen molar-refractivity contribution < 1.29 is 14.7 Å². The van der Waals surface area contributed by atoms with Crippen molar-refractivity contribution in [3.05, 3.63) is 39.9 Å². The van der Waals surface area contributed by atoms with Crippen LogP contribution in [-0.2, 0) is 9.59 Å². The molecule has 0 aliphatic carbocycles. The largest absolute Gasteiger partial charge is 0.480 e. The lowest BCUT2D eigenvalue weighted by Crippen LogP contribution is -2.40. The molecule has 1 fully saturated rings. The minimum atomic E-state index is -0.988. The quantitative estimate of drug-likeness (QED) is 0.865. The number of aliphatic carboxylic acids is 1. The van der Waals surface area contributed by atoms with Gasteiger partial charge >= 0.3 is 5.97 Å². The summed E-state index contributed by atoms with van der Waals surface area (Å²) in [6.07, 6.45) is 2.86. The summed E-state index contributed by atoms with van der Waals surface area (Å²) in [6, 6.07) is 4.34. The number of hydrogen-bond acceptors (Lipinski definition) is 3. The SMILES string of the molecule is O=C(O)C1CSCN1C(=O)/C=C/c1cccc(Cl)c1Cl. The summed E-state index contributed by atoms with van der Waals surface area (Å²) in [5.74, 6) is -0.549. The number of carbonyl (C=O) groups excluding carboxylic acids is 1. The first kappa shape index (κ1) is 15.2. The van der Waals surface area contributed by atoms with Crippen molar-refractivity contribution in [1.29, 1.82) is 0 Å². The zero-order valence-electron chi connectivity index (χ0n) is 10.3. The number of carbonyl (C=O) groups is 2. The van der Waals surface area contributed by atoms with Crippen molar-refractivity contribution in [1.82, 2.24) is 4.90 Å². The Balaban J connectivity index is 2.13. The molecule has 1 heterocycles. The second-order valence-electron chi connectivity index (χ2n) is 4.14. The first-order valence-corrected chi connectivity index (χ1v) is 7.65. The van der Waals surface area contributed by atoms with Crippen LogP contribution in [0.15, 0.2) is 24.3 Å². The molecule has 1 unspecified atom stereocenters. The highest BCUT2D eigenvalue weighted by Gasteiger charge is 2.33. The average molecular weight is 332 g/mol. The smallest absolute Gasteiger partial charge is 0.327 e. The first-order chi connectivity index (χ1) is 9.50. The van der Waals surface area contributed by atoms with Crippen LogP contribution in [0.4, 0.5) is 0 Å². The summed E-state index contributed by atoms with van der Waals surface area (Å²) in [5, 5.41) is 9.80. The monoisotopic (exact) mass is 331 g/mol. The fraction of sp³-hybridized carbons (Fsp3) is 0.231. The van der Waals surface area contributed by atoms with Gasteiger partial charge in [0, 0.05) is 11.8 Å². The number of halogens is 2. The van der Waals surface area contributed by atoms with E-state index in [1.54, 1.807) is 24.3 Å². The van der Waals surface area contributed by atoms with E-state index >= 15 is 0 Å². The lowest BCUT2D eigenvalue weighted by Gasteiger charge is -2.18. The van der Waals surface area contributed by atoms with Gasteiger partial charge < -0.3 is 10.0 Å². The first-order valence-electron chi connectivity index (χ1n) is 5.74.